The number of aromatic nitrogens is 1. The first kappa shape index (κ1) is 27.1. The van der Waals surface area contributed by atoms with Gasteiger partial charge in [0.25, 0.3) is 0 Å². The Bertz CT molecular complexity index is 1100. The van der Waals surface area contributed by atoms with Crippen molar-refractivity contribution in [3.8, 4) is 17.0 Å². The number of rotatable bonds is 6. The number of urea groups is 1. The molecule has 2 saturated heterocycles. The number of amides is 2. The number of ether oxygens (including phenoxy) is 2. The molecule has 0 radical (unpaired) electrons. The largest absolute Gasteiger partial charge is 0.475 e. The van der Waals surface area contributed by atoms with E-state index in [1.165, 1.54) is 6.07 Å². The molecule has 37 heavy (non-hydrogen) atoms. The van der Waals surface area contributed by atoms with Gasteiger partial charge in [-0.25, -0.2) is 9.18 Å². The minimum absolute atomic E-state index is 0.00341. The van der Waals surface area contributed by atoms with Gasteiger partial charge in [-0.2, -0.15) is 4.98 Å². The summed E-state index contributed by atoms with van der Waals surface area (Å²) in [5, 5.41) is 15.5. The number of aliphatic hydroxyl groups excluding tert-OH is 1. The lowest BCUT2D eigenvalue weighted by molar-refractivity contribution is 0.122. The zero-order valence-electron chi connectivity index (χ0n) is 22.1. The molecule has 2 aliphatic heterocycles. The number of hydrogen-bond acceptors (Lipinski definition) is 7. The minimum Gasteiger partial charge on any atom is -0.475 e. The van der Waals surface area contributed by atoms with Crippen LogP contribution in [0.25, 0.3) is 11.1 Å². The van der Waals surface area contributed by atoms with Crippen LogP contribution in [0, 0.1) is 18.2 Å². The lowest BCUT2D eigenvalue weighted by Crippen LogP contribution is -2.57. The molecule has 202 valence electrons. The average Bonchev–Trinajstić information content (AvgIpc) is 2.89. The van der Waals surface area contributed by atoms with E-state index in [-0.39, 0.29) is 36.4 Å². The van der Waals surface area contributed by atoms with Gasteiger partial charge in [0, 0.05) is 44.8 Å². The fourth-order valence-corrected chi connectivity index (χ4v) is 4.61. The van der Waals surface area contributed by atoms with Crippen LogP contribution < -0.4 is 20.3 Å². The molecule has 2 fully saturated rings. The van der Waals surface area contributed by atoms with E-state index in [1.807, 2.05) is 13.0 Å². The molecule has 1 atom stereocenters. The van der Waals surface area contributed by atoms with Crippen molar-refractivity contribution < 1.29 is 23.8 Å². The molecule has 3 N–H and O–H groups in total. The van der Waals surface area contributed by atoms with Crippen LogP contribution in [0.15, 0.2) is 24.3 Å². The highest BCUT2D eigenvalue weighted by atomic mass is 19.1. The molecular formula is C27H38FN5O4. The Kier molecular flexibility index (Phi) is 8.51. The van der Waals surface area contributed by atoms with E-state index in [9.17, 15) is 9.90 Å². The van der Waals surface area contributed by atoms with Crippen LogP contribution in [0.4, 0.5) is 20.7 Å². The number of aryl methyl sites for hydroxylation is 1. The summed E-state index contributed by atoms with van der Waals surface area (Å²) in [6.45, 7) is 12.6. The summed E-state index contributed by atoms with van der Waals surface area (Å²) in [5.41, 5.74) is 2.38. The van der Waals surface area contributed by atoms with Crippen LogP contribution in [0.3, 0.4) is 0 Å². The molecule has 0 bridgehead atoms. The summed E-state index contributed by atoms with van der Waals surface area (Å²) in [5.74, 6) is 0.602. The Morgan fingerprint density at radius 3 is 2.70 bits per heavy atom. The summed E-state index contributed by atoms with van der Waals surface area (Å²) in [6.07, 6.45) is 0. The van der Waals surface area contributed by atoms with E-state index in [1.54, 1.807) is 17.0 Å². The highest BCUT2D eigenvalue weighted by Gasteiger charge is 2.31. The topological polar surface area (TPSA) is 99.2 Å². The van der Waals surface area contributed by atoms with Gasteiger partial charge >= 0.3 is 6.03 Å². The van der Waals surface area contributed by atoms with Gasteiger partial charge in [-0.05, 0) is 47.2 Å². The smallest absolute Gasteiger partial charge is 0.322 e. The predicted molar refractivity (Wildman–Crippen MR) is 142 cm³/mol. The first-order chi connectivity index (χ1) is 17.7. The average molecular weight is 516 g/mol. The molecule has 0 aliphatic carbocycles. The van der Waals surface area contributed by atoms with Crippen LogP contribution in [0.1, 0.15) is 26.3 Å². The molecule has 3 heterocycles. The van der Waals surface area contributed by atoms with Gasteiger partial charge < -0.3 is 35.0 Å². The summed E-state index contributed by atoms with van der Waals surface area (Å²) < 4.78 is 26.1. The lowest BCUT2D eigenvalue weighted by atomic mass is 9.85. The third kappa shape index (κ3) is 6.68. The molecule has 4 rings (SSSR count). The first-order valence-corrected chi connectivity index (χ1v) is 12.8. The number of carbonyl (C=O) groups is 1. The maximum Gasteiger partial charge on any atom is 0.322 e. The zero-order valence-corrected chi connectivity index (χ0v) is 22.1. The van der Waals surface area contributed by atoms with Crippen molar-refractivity contribution in [2.24, 2.45) is 5.41 Å². The molecule has 1 unspecified atom stereocenters. The van der Waals surface area contributed by atoms with Gasteiger partial charge in [-0.15, -0.1) is 0 Å². The maximum atomic E-state index is 15.0. The minimum atomic E-state index is -0.490. The number of anilines is 2. The third-order valence-electron chi connectivity index (χ3n) is 6.84. The van der Waals surface area contributed by atoms with Gasteiger partial charge in [-0.1, -0.05) is 20.8 Å². The number of nitrogens with one attached hydrogen (secondary N) is 2. The second kappa shape index (κ2) is 11.6. The highest BCUT2D eigenvalue weighted by molar-refractivity contribution is 5.91. The van der Waals surface area contributed by atoms with Crippen molar-refractivity contribution in [3.63, 3.8) is 0 Å². The van der Waals surface area contributed by atoms with Crippen molar-refractivity contribution in [3.05, 3.63) is 35.6 Å². The summed E-state index contributed by atoms with van der Waals surface area (Å²) in [7, 11) is 0. The number of carbonyl (C=O) groups excluding carboxylic acids is 1. The molecule has 2 aliphatic rings. The van der Waals surface area contributed by atoms with E-state index in [2.05, 4.69) is 41.3 Å². The highest BCUT2D eigenvalue weighted by Crippen LogP contribution is 2.33. The number of aliphatic hydroxyl groups is 1. The molecule has 1 aromatic carbocycles. The third-order valence-corrected chi connectivity index (χ3v) is 6.84. The molecule has 0 saturated carbocycles. The number of nitrogens with zero attached hydrogens (tertiary/aromatic N) is 3. The normalized spacial score (nSPS) is 18.6. The standard InChI is InChI=1S/C27H38FN5O4/c1-18-13-21(28)22(30-26(35)33-6-5-29-23(17-33)27(2,3)4)16-20(18)19-14-24(32-7-10-36-11-8-32)31-25(15-19)37-12-9-34/h13-16,23,29,34H,5-12,17H2,1-4H3,(H,30,35). The number of hydrogen-bond donors (Lipinski definition) is 3. The van der Waals surface area contributed by atoms with E-state index >= 15 is 4.39 Å². The van der Waals surface area contributed by atoms with Crippen molar-refractivity contribution in [1.29, 1.82) is 0 Å². The molecule has 9 nitrogen and oxygen atoms in total. The number of morpholine rings is 1. The number of halogens is 1. The van der Waals surface area contributed by atoms with Gasteiger partial charge in [-0.3, -0.25) is 0 Å². The van der Waals surface area contributed by atoms with Gasteiger partial charge in [0.2, 0.25) is 5.88 Å². The predicted octanol–water partition coefficient (Wildman–Crippen LogP) is 3.26. The van der Waals surface area contributed by atoms with Gasteiger partial charge in [0.05, 0.1) is 25.5 Å². The van der Waals surface area contributed by atoms with Gasteiger partial charge in [0.15, 0.2) is 0 Å². The number of pyridine rings is 1. The van der Waals surface area contributed by atoms with Crippen molar-refractivity contribution in [1.82, 2.24) is 15.2 Å². The van der Waals surface area contributed by atoms with E-state index in [0.717, 1.165) is 22.5 Å². The molecular weight excluding hydrogens is 477 g/mol. The van der Waals surface area contributed by atoms with Crippen LogP contribution >= 0.6 is 0 Å². The van der Waals surface area contributed by atoms with Crippen LogP contribution in [0.2, 0.25) is 0 Å². The van der Waals surface area contributed by atoms with Crippen LogP contribution in [-0.2, 0) is 4.74 Å². The van der Waals surface area contributed by atoms with Gasteiger partial charge in [0.1, 0.15) is 18.2 Å². The zero-order chi connectivity index (χ0) is 26.6. The van der Waals surface area contributed by atoms with Crippen molar-refractivity contribution >= 4 is 17.5 Å². The molecule has 2 aromatic rings. The van der Waals surface area contributed by atoms with Crippen molar-refractivity contribution in [2.75, 3.05) is 69.4 Å². The first-order valence-electron chi connectivity index (χ1n) is 12.8. The Labute approximate surface area is 218 Å². The Morgan fingerprint density at radius 1 is 1.24 bits per heavy atom. The maximum absolute atomic E-state index is 15.0. The fourth-order valence-electron chi connectivity index (χ4n) is 4.61. The molecule has 2 amide bonds. The Morgan fingerprint density at radius 2 is 2.00 bits per heavy atom. The Balaban J connectivity index is 1.62. The number of benzene rings is 1. The quantitative estimate of drug-likeness (QED) is 0.543. The lowest BCUT2D eigenvalue weighted by Gasteiger charge is -2.40. The second-order valence-corrected chi connectivity index (χ2v) is 10.6. The Hall–Kier alpha value is -2.95. The number of piperazine rings is 1. The SMILES string of the molecule is Cc1cc(F)c(NC(=O)N2CCNC(C(C)(C)C)C2)cc1-c1cc(OCCO)nc(N2CCOCC2)c1. The summed E-state index contributed by atoms with van der Waals surface area (Å²) in [4.78, 5) is 21.6. The monoisotopic (exact) mass is 515 g/mol. The fraction of sp³-hybridized carbons (Fsp3) is 0.556. The van der Waals surface area contributed by atoms with Crippen LogP contribution in [-0.4, -0.2) is 86.2 Å². The molecule has 1 aromatic heterocycles. The summed E-state index contributed by atoms with van der Waals surface area (Å²) >= 11 is 0. The van der Waals surface area contributed by atoms with E-state index in [4.69, 9.17) is 9.47 Å². The molecule has 0 spiro atoms. The van der Waals surface area contributed by atoms with E-state index < -0.39 is 5.82 Å². The summed E-state index contributed by atoms with van der Waals surface area (Å²) in [6, 6.07) is 6.64. The van der Waals surface area contributed by atoms with E-state index in [0.29, 0.717) is 51.8 Å². The molecule has 10 heteroatoms. The van der Waals surface area contributed by atoms with Crippen molar-refractivity contribution in [2.45, 2.75) is 33.7 Å². The van der Waals surface area contributed by atoms with Crippen LogP contribution in [0.5, 0.6) is 5.88 Å². The second-order valence-electron chi connectivity index (χ2n) is 10.6.